The van der Waals surface area contributed by atoms with Gasteiger partial charge in [-0.1, -0.05) is 47.7 Å². The van der Waals surface area contributed by atoms with Crippen LogP contribution in [0, 0.1) is 12.7 Å². The highest BCUT2D eigenvalue weighted by atomic mass is 19.1. The molecule has 4 rings (SSSR count). The lowest BCUT2D eigenvalue weighted by molar-refractivity contribution is 0.627. The van der Waals surface area contributed by atoms with Crippen LogP contribution in [0.2, 0.25) is 0 Å². The number of halogens is 1. The number of rotatable bonds is 5. The normalized spacial score (nSPS) is 11.0. The predicted octanol–water partition coefficient (Wildman–Crippen LogP) is 3.33. The molecule has 130 valence electrons. The van der Waals surface area contributed by atoms with Crippen molar-refractivity contribution >= 4 is 17.0 Å². The highest BCUT2D eigenvalue weighted by molar-refractivity contribution is 5.82. The van der Waals surface area contributed by atoms with Gasteiger partial charge in [0.05, 0.1) is 6.54 Å². The molecule has 0 saturated carbocycles. The fourth-order valence-electron chi connectivity index (χ4n) is 2.74. The van der Waals surface area contributed by atoms with Crippen LogP contribution in [-0.2, 0) is 13.1 Å². The van der Waals surface area contributed by atoms with Gasteiger partial charge in [-0.25, -0.2) is 19.0 Å². The number of aryl methyl sites for hydroxylation is 1. The molecule has 0 saturated heterocycles. The van der Waals surface area contributed by atoms with Gasteiger partial charge >= 0.3 is 0 Å². The maximum atomic E-state index is 13.0. The Morgan fingerprint density at radius 1 is 0.962 bits per heavy atom. The molecule has 0 spiro atoms. The van der Waals surface area contributed by atoms with Gasteiger partial charge in [-0.3, -0.25) is 0 Å². The molecule has 0 aliphatic rings. The van der Waals surface area contributed by atoms with Gasteiger partial charge in [0.2, 0.25) is 0 Å². The zero-order valence-corrected chi connectivity index (χ0v) is 14.2. The van der Waals surface area contributed by atoms with Gasteiger partial charge in [-0.2, -0.15) is 0 Å². The van der Waals surface area contributed by atoms with E-state index in [0.717, 1.165) is 11.1 Å². The van der Waals surface area contributed by atoms with E-state index < -0.39 is 0 Å². The molecule has 0 unspecified atom stereocenters. The monoisotopic (exact) mass is 348 g/mol. The third-order valence-electron chi connectivity index (χ3n) is 4.02. The maximum Gasteiger partial charge on any atom is 0.184 e. The van der Waals surface area contributed by atoms with E-state index in [0.29, 0.717) is 35.9 Å². The molecule has 0 aliphatic carbocycles. The number of hydrogen-bond donors (Lipinski definition) is 1. The summed E-state index contributed by atoms with van der Waals surface area (Å²) in [7, 11) is 0. The number of hydrogen-bond acceptors (Lipinski definition) is 5. The van der Waals surface area contributed by atoms with Crippen molar-refractivity contribution in [3.63, 3.8) is 0 Å². The van der Waals surface area contributed by atoms with E-state index >= 15 is 0 Å². The summed E-state index contributed by atoms with van der Waals surface area (Å²) in [6.45, 7) is 2.94. The lowest BCUT2D eigenvalue weighted by Crippen LogP contribution is -2.06. The van der Waals surface area contributed by atoms with Crippen molar-refractivity contribution in [3.05, 3.63) is 77.4 Å². The van der Waals surface area contributed by atoms with Crippen LogP contribution in [0.5, 0.6) is 0 Å². The molecule has 0 amide bonds. The Kier molecular flexibility index (Phi) is 4.27. The fourth-order valence-corrected chi connectivity index (χ4v) is 2.74. The first-order valence-corrected chi connectivity index (χ1v) is 8.29. The summed E-state index contributed by atoms with van der Waals surface area (Å²) >= 11 is 0. The molecule has 1 N–H and O–H groups in total. The van der Waals surface area contributed by atoms with Gasteiger partial charge in [0.15, 0.2) is 17.0 Å². The number of aromatic nitrogens is 5. The number of fused-ring (bicyclic) bond motifs is 1. The van der Waals surface area contributed by atoms with Crippen molar-refractivity contribution < 1.29 is 4.39 Å². The first-order valence-electron chi connectivity index (χ1n) is 8.29. The SMILES string of the molecule is Cc1nc(NCc2ccc(F)cc2)c2nnn(Cc3ccccc3)c2n1. The molecule has 2 aromatic carbocycles. The van der Waals surface area contributed by atoms with Gasteiger partial charge in [0.1, 0.15) is 11.6 Å². The molecule has 0 atom stereocenters. The summed E-state index contributed by atoms with van der Waals surface area (Å²) in [5.74, 6) is 1.00. The number of nitrogens with one attached hydrogen (secondary N) is 1. The molecule has 2 heterocycles. The minimum atomic E-state index is -0.252. The lowest BCUT2D eigenvalue weighted by atomic mass is 10.2. The zero-order chi connectivity index (χ0) is 17.9. The molecule has 6 nitrogen and oxygen atoms in total. The van der Waals surface area contributed by atoms with Crippen molar-refractivity contribution in [2.45, 2.75) is 20.0 Å². The summed E-state index contributed by atoms with van der Waals surface area (Å²) in [6.07, 6.45) is 0. The smallest absolute Gasteiger partial charge is 0.184 e. The lowest BCUT2D eigenvalue weighted by Gasteiger charge is -2.07. The molecule has 4 aromatic rings. The Morgan fingerprint density at radius 3 is 2.50 bits per heavy atom. The van der Waals surface area contributed by atoms with E-state index in [9.17, 15) is 4.39 Å². The Hall–Kier alpha value is -3.35. The highest BCUT2D eigenvalue weighted by Crippen LogP contribution is 2.19. The van der Waals surface area contributed by atoms with Crippen molar-refractivity contribution in [3.8, 4) is 0 Å². The second kappa shape index (κ2) is 6.87. The Morgan fingerprint density at radius 2 is 1.73 bits per heavy atom. The van der Waals surface area contributed by atoms with E-state index in [-0.39, 0.29) is 5.82 Å². The minimum Gasteiger partial charge on any atom is -0.364 e. The largest absolute Gasteiger partial charge is 0.364 e. The van der Waals surface area contributed by atoms with Crippen LogP contribution in [0.15, 0.2) is 54.6 Å². The minimum absolute atomic E-state index is 0.252. The molecule has 0 fully saturated rings. The molecular weight excluding hydrogens is 331 g/mol. The molecule has 26 heavy (non-hydrogen) atoms. The molecule has 0 bridgehead atoms. The van der Waals surface area contributed by atoms with E-state index in [4.69, 9.17) is 0 Å². The molecule has 0 aliphatic heterocycles. The second-order valence-electron chi connectivity index (χ2n) is 6.00. The van der Waals surface area contributed by atoms with E-state index in [1.165, 1.54) is 12.1 Å². The summed E-state index contributed by atoms with van der Waals surface area (Å²) in [6, 6.07) is 16.4. The number of nitrogens with zero attached hydrogens (tertiary/aromatic N) is 5. The van der Waals surface area contributed by atoms with E-state index in [1.54, 1.807) is 16.8 Å². The van der Waals surface area contributed by atoms with Crippen LogP contribution in [0.4, 0.5) is 10.2 Å². The van der Waals surface area contributed by atoms with Crippen LogP contribution in [0.25, 0.3) is 11.2 Å². The molecule has 7 heteroatoms. The second-order valence-corrected chi connectivity index (χ2v) is 6.00. The van der Waals surface area contributed by atoms with Crippen molar-refractivity contribution in [2.24, 2.45) is 0 Å². The average Bonchev–Trinajstić information content (AvgIpc) is 3.04. The molecule has 0 radical (unpaired) electrons. The zero-order valence-electron chi connectivity index (χ0n) is 14.2. The van der Waals surface area contributed by atoms with Crippen molar-refractivity contribution in [2.75, 3.05) is 5.32 Å². The Bertz CT molecular complexity index is 1030. The quantitative estimate of drug-likeness (QED) is 0.599. The topological polar surface area (TPSA) is 68.5 Å². The van der Waals surface area contributed by atoms with Crippen LogP contribution in [0.1, 0.15) is 17.0 Å². The van der Waals surface area contributed by atoms with Gasteiger partial charge < -0.3 is 5.32 Å². The van der Waals surface area contributed by atoms with Crippen LogP contribution in [0.3, 0.4) is 0 Å². The standard InChI is InChI=1S/C19H17FN6/c1-13-22-18(21-11-14-7-9-16(20)10-8-14)17-19(23-13)26(25-24-17)12-15-5-3-2-4-6-15/h2-10H,11-12H2,1H3,(H,21,22,23). The summed E-state index contributed by atoms with van der Waals surface area (Å²) < 4.78 is 14.8. The van der Waals surface area contributed by atoms with Gasteiger partial charge in [0.25, 0.3) is 0 Å². The Balaban J connectivity index is 1.62. The Labute approximate surface area is 149 Å². The number of anilines is 1. The van der Waals surface area contributed by atoms with E-state index in [1.807, 2.05) is 37.3 Å². The summed E-state index contributed by atoms with van der Waals surface area (Å²) in [4.78, 5) is 8.94. The number of benzene rings is 2. The predicted molar refractivity (Wildman–Crippen MR) is 97.1 cm³/mol. The summed E-state index contributed by atoms with van der Waals surface area (Å²) in [5.41, 5.74) is 3.38. The first-order chi connectivity index (χ1) is 12.7. The van der Waals surface area contributed by atoms with Gasteiger partial charge in [-0.15, -0.1) is 5.10 Å². The van der Waals surface area contributed by atoms with Gasteiger partial charge in [0, 0.05) is 6.54 Å². The van der Waals surface area contributed by atoms with Crippen LogP contribution in [-0.4, -0.2) is 25.0 Å². The molecular formula is C19H17FN6. The third kappa shape index (κ3) is 3.37. The summed E-state index contributed by atoms with van der Waals surface area (Å²) in [5, 5.41) is 11.7. The highest BCUT2D eigenvalue weighted by Gasteiger charge is 2.13. The van der Waals surface area contributed by atoms with Crippen LogP contribution >= 0.6 is 0 Å². The maximum absolute atomic E-state index is 13.0. The molecule has 2 aromatic heterocycles. The van der Waals surface area contributed by atoms with E-state index in [2.05, 4.69) is 25.6 Å². The third-order valence-corrected chi connectivity index (χ3v) is 4.02. The first kappa shape index (κ1) is 16.1. The van der Waals surface area contributed by atoms with Crippen molar-refractivity contribution in [1.82, 2.24) is 25.0 Å². The average molecular weight is 348 g/mol. The van der Waals surface area contributed by atoms with Gasteiger partial charge in [-0.05, 0) is 30.2 Å². The fraction of sp³-hybridized carbons (Fsp3) is 0.158. The van der Waals surface area contributed by atoms with Crippen LogP contribution < -0.4 is 5.32 Å². The van der Waals surface area contributed by atoms with Crippen molar-refractivity contribution in [1.29, 1.82) is 0 Å².